The van der Waals surface area contributed by atoms with Crippen molar-refractivity contribution in [3.05, 3.63) is 28.8 Å². The Labute approximate surface area is 96.8 Å². The first-order valence-electron chi connectivity index (χ1n) is 4.69. The highest BCUT2D eigenvalue weighted by Crippen LogP contribution is 2.27. The highest BCUT2D eigenvalue weighted by molar-refractivity contribution is 8.00. The van der Waals surface area contributed by atoms with Gasteiger partial charge in [0.15, 0.2) is 0 Å². The van der Waals surface area contributed by atoms with Crippen LogP contribution < -0.4 is 4.72 Å². The Morgan fingerprint density at radius 3 is 2.53 bits per heavy atom. The monoisotopic (exact) mass is 245 g/mol. The molecule has 15 heavy (non-hydrogen) atoms. The fraction of sp³-hybridized carbons (Fsp3) is 0.364. The zero-order chi connectivity index (χ0) is 11.6. The summed E-state index contributed by atoms with van der Waals surface area (Å²) in [5, 5.41) is 0.691. The van der Waals surface area contributed by atoms with Gasteiger partial charge in [0, 0.05) is 26.7 Å². The van der Waals surface area contributed by atoms with E-state index in [0.29, 0.717) is 10.9 Å². The molecule has 1 aromatic carbocycles. The van der Waals surface area contributed by atoms with E-state index in [4.69, 9.17) is 11.6 Å². The molecule has 0 amide bonds. The summed E-state index contributed by atoms with van der Waals surface area (Å²) in [7, 11) is -2.24. The molecule has 1 atom stereocenters. The Kier molecular flexibility index (Phi) is 3.68. The van der Waals surface area contributed by atoms with Crippen LogP contribution in [0.25, 0.3) is 0 Å². The van der Waals surface area contributed by atoms with Gasteiger partial charge in [0.05, 0.1) is 0 Å². The molecule has 0 fully saturated rings. The van der Waals surface area contributed by atoms with Crippen LogP contribution in [0.2, 0.25) is 5.02 Å². The van der Waals surface area contributed by atoms with Crippen molar-refractivity contribution in [1.82, 2.24) is 0 Å². The predicted molar refractivity (Wildman–Crippen MR) is 70.4 cm³/mol. The number of hydrogen-bond donors (Lipinski definition) is 1. The first kappa shape index (κ1) is 12.4. The van der Waals surface area contributed by atoms with E-state index in [1.807, 2.05) is 12.1 Å². The molecular formula is C11H16ClNOS. The van der Waals surface area contributed by atoms with Gasteiger partial charge in [0.2, 0.25) is 0 Å². The predicted octanol–water partition coefficient (Wildman–Crippen LogP) is 3.14. The highest BCUT2D eigenvalue weighted by atomic mass is 35.5. The number of nitrogens with one attached hydrogen (secondary N) is 1. The number of anilines is 1. The molecule has 2 nitrogen and oxygen atoms in total. The third kappa shape index (κ3) is 3.76. The van der Waals surface area contributed by atoms with Gasteiger partial charge in [0.25, 0.3) is 0 Å². The molecule has 0 aliphatic heterocycles. The van der Waals surface area contributed by atoms with Crippen molar-refractivity contribution in [2.24, 2.45) is 0 Å². The van der Waals surface area contributed by atoms with Gasteiger partial charge in [-0.15, -0.1) is 0 Å². The number of benzene rings is 1. The van der Waals surface area contributed by atoms with Crippen molar-refractivity contribution < 1.29 is 4.21 Å². The lowest BCUT2D eigenvalue weighted by molar-refractivity contribution is 0.688. The maximum atomic E-state index is 11.6. The molecule has 84 valence electrons. The molecule has 0 aliphatic rings. The van der Waals surface area contributed by atoms with Gasteiger partial charge in [-0.1, -0.05) is 25.4 Å². The minimum atomic E-state index is -2.24. The second-order valence-corrected chi connectivity index (χ2v) is 6.64. The van der Waals surface area contributed by atoms with Crippen LogP contribution in [0.4, 0.5) is 5.69 Å². The molecule has 1 unspecified atom stereocenters. The zero-order valence-corrected chi connectivity index (χ0v) is 10.8. The highest BCUT2D eigenvalue weighted by Gasteiger charge is 2.08. The van der Waals surface area contributed by atoms with Crippen LogP contribution >= 0.6 is 11.6 Å². The van der Waals surface area contributed by atoms with Gasteiger partial charge in [-0.25, -0.2) is 4.21 Å². The molecule has 0 aliphatic carbocycles. The van der Waals surface area contributed by atoms with Crippen LogP contribution in [0.1, 0.15) is 25.3 Å². The summed E-state index contributed by atoms with van der Waals surface area (Å²) in [5.41, 5.74) is 1.90. The SMILES string of the molecule is C=S(C)(=O)Nc1ccc(Cl)cc1C(C)C. The lowest BCUT2D eigenvalue weighted by Crippen LogP contribution is -2.11. The average molecular weight is 246 g/mol. The van der Waals surface area contributed by atoms with Crippen LogP contribution in [0.3, 0.4) is 0 Å². The quantitative estimate of drug-likeness (QED) is 0.815. The Morgan fingerprint density at radius 1 is 1.47 bits per heavy atom. The Morgan fingerprint density at radius 2 is 2.07 bits per heavy atom. The van der Waals surface area contributed by atoms with Gasteiger partial charge >= 0.3 is 0 Å². The maximum absolute atomic E-state index is 11.6. The summed E-state index contributed by atoms with van der Waals surface area (Å²) in [4.78, 5) is 0. The van der Waals surface area contributed by atoms with E-state index in [9.17, 15) is 4.21 Å². The van der Waals surface area contributed by atoms with Crippen molar-refractivity contribution in [1.29, 1.82) is 0 Å². The number of hydrogen-bond acceptors (Lipinski definition) is 1. The number of halogens is 1. The Hall–Kier alpha value is -0.670. The molecule has 1 N–H and O–H groups in total. The molecule has 1 rings (SSSR count). The van der Waals surface area contributed by atoms with E-state index in [2.05, 4.69) is 24.4 Å². The van der Waals surface area contributed by atoms with Crippen LogP contribution in [-0.2, 0) is 9.71 Å². The fourth-order valence-corrected chi connectivity index (χ4v) is 2.17. The summed E-state index contributed by atoms with van der Waals surface area (Å²) in [5.74, 6) is 3.90. The molecule has 0 spiro atoms. The summed E-state index contributed by atoms with van der Waals surface area (Å²) in [6.07, 6.45) is 1.58. The minimum absolute atomic E-state index is 0.327. The van der Waals surface area contributed by atoms with Crippen LogP contribution in [-0.4, -0.2) is 16.3 Å². The van der Waals surface area contributed by atoms with Crippen molar-refractivity contribution >= 4 is 32.9 Å². The van der Waals surface area contributed by atoms with E-state index < -0.39 is 9.71 Å². The molecule has 4 heteroatoms. The largest absolute Gasteiger partial charge is 0.313 e. The number of rotatable bonds is 3. The standard InChI is InChI=1S/C11H16ClNOS/c1-8(2)10-7-9(12)5-6-11(10)13-15(3,4)14/h5-8H,3H2,1-2,4H3,(H,13,14). The second kappa shape index (κ2) is 4.45. The van der Waals surface area contributed by atoms with E-state index in [1.54, 1.807) is 12.3 Å². The van der Waals surface area contributed by atoms with Crippen molar-refractivity contribution in [3.63, 3.8) is 0 Å². The molecule has 0 radical (unpaired) electrons. The van der Waals surface area contributed by atoms with Crippen molar-refractivity contribution in [2.45, 2.75) is 19.8 Å². The van der Waals surface area contributed by atoms with E-state index >= 15 is 0 Å². The maximum Gasteiger partial charge on any atom is 0.0492 e. The second-order valence-electron chi connectivity index (χ2n) is 3.99. The van der Waals surface area contributed by atoms with Gasteiger partial charge in [-0.05, 0) is 35.6 Å². The third-order valence-corrected chi connectivity index (χ3v) is 2.85. The van der Waals surface area contributed by atoms with Crippen LogP contribution in [0.5, 0.6) is 0 Å². The van der Waals surface area contributed by atoms with Crippen LogP contribution in [0, 0.1) is 0 Å². The topological polar surface area (TPSA) is 29.1 Å². The van der Waals surface area contributed by atoms with E-state index in [1.165, 1.54) is 0 Å². The van der Waals surface area contributed by atoms with Crippen LogP contribution in [0.15, 0.2) is 18.2 Å². The smallest absolute Gasteiger partial charge is 0.0492 e. The fourth-order valence-electron chi connectivity index (χ4n) is 1.34. The molecule has 0 bridgehead atoms. The summed E-state index contributed by atoms with van der Waals surface area (Å²) in [6, 6.07) is 5.51. The minimum Gasteiger partial charge on any atom is -0.313 e. The average Bonchev–Trinajstić information content (AvgIpc) is 2.05. The third-order valence-electron chi connectivity index (χ3n) is 1.96. The molecule has 0 saturated heterocycles. The summed E-state index contributed by atoms with van der Waals surface area (Å²) >= 11 is 5.92. The zero-order valence-electron chi connectivity index (χ0n) is 9.21. The van der Waals surface area contributed by atoms with Gasteiger partial charge in [0.1, 0.15) is 0 Å². The molecule has 0 saturated carbocycles. The Balaban J connectivity index is 3.18. The molecule has 0 heterocycles. The normalized spacial score (nSPS) is 15.0. The first-order chi connectivity index (χ1) is 6.79. The first-order valence-corrected chi connectivity index (χ1v) is 7.20. The van der Waals surface area contributed by atoms with E-state index in [-0.39, 0.29) is 0 Å². The lowest BCUT2D eigenvalue weighted by Gasteiger charge is -2.15. The van der Waals surface area contributed by atoms with E-state index in [0.717, 1.165) is 11.3 Å². The Bertz CT molecular complexity index is 452. The van der Waals surface area contributed by atoms with Crippen molar-refractivity contribution in [2.75, 3.05) is 11.0 Å². The molecule has 1 aromatic rings. The summed E-state index contributed by atoms with van der Waals surface area (Å²) in [6.45, 7) is 4.13. The molecule has 0 aromatic heterocycles. The van der Waals surface area contributed by atoms with Gasteiger partial charge < -0.3 is 4.72 Å². The van der Waals surface area contributed by atoms with Gasteiger partial charge in [-0.3, -0.25) is 0 Å². The van der Waals surface area contributed by atoms with Gasteiger partial charge in [-0.2, -0.15) is 0 Å². The molecular weight excluding hydrogens is 230 g/mol. The van der Waals surface area contributed by atoms with Crippen molar-refractivity contribution in [3.8, 4) is 0 Å². The lowest BCUT2D eigenvalue weighted by atomic mass is 10.0. The summed E-state index contributed by atoms with van der Waals surface area (Å²) < 4.78 is 14.5.